The lowest BCUT2D eigenvalue weighted by Gasteiger charge is -2.33. The maximum atomic E-state index is 12.7. The van der Waals surface area contributed by atoms with Gasteiger partial charge in [-0.15, -0.1) is 5.10 Å². The molecule has 1 aliphatic heterocycles. The fourth-order valence-electron chi connectivity index (χ4n) is 3.68. The number of Topliss-reactive ketones (excluding diaryl/α,β-unsaturated/α-hetero) is 2. The average molecular weight is 382 g/mol. The highest BCUT2D eigenvalue weighted by Gasteiger charge is 2.38. The monoisotopic (exact) mass is 382 g/mol. The molecule has 0 spiro atoms. The molecule has 1 amide bonds. The Balaban J connectivity index is 1.56. The lowest BCUT2D eigenvalue weighted by molar-refractivity contribution is 0.0183. The van der Waals surface area contributed by atoms with Gasteiger partial charge in [0.15, 0.2) is 0 Å². The van der Waals surface area contributed by atoms with Crippen LogP contribution in [0.25, 0.3) is 11.3 Å². The van der Waals surface area contributed by atoms with Crippen molar-refractivity contribution in [2.24, 2.45) is 0 Å². The number of benzene rings is 1. The van der Waals surface area contributed by atoms with E-state index in [0.717, 1.165) is 0 Å². The number of fused-ring (bicyclic) bond motifs is 3. The van der Waals surface area contributed by atoms with E-state index in [1.165, 1.54) is 0 Å². The zero-order valence-electron chi connectivity index (χ0n) is 16.1. The number of aromatic nitrogens is 3. The summed E-state index contributed by atoms with van der Waals surface area (Å²) in [6.45, 7) is 6.49. The van der Waals surface area contributed by atoms with Gasteiger partial charge >= 0.3 is 6.09 Å². The zero-order chi connectivity index (χ0) is 20.1. The van der Waals surface area contributed by atoms with Crippen LogP contribution in [-0.2, 0) is 4.74 Å². The van der Waals surface area contributed by atoms with Crippen LogP contribution in [0.15, 0.2) is 24.3 Å². The second kappa shape index (κ2) is 6.54. The molecule has 0 saturated carbocycles. The number of hydrogen-bond donors (Lipinski definition) is 0. The number of ether oxygens (including phenoxy) is 1. The highest BCUT2D eigenvalue weighted by atomic mass is 16.6. The fraction of sp³-hybridized carbons (Fsp3) is 0.450. The normalized spacial score (nSPS) is 17.3. The van der Waals surface area contributed by atoms with E-state index in [1.807, 2.05) is 26.8 Å². The van der Waals surface area contributed by atoms with Crippen LogP contribution >= 0.6 is 0 Å². The predicted molar refractivity (Wildman–Crippen MR) is 100 cm³/mol. The molecule has 0 unspecified atom stereocenters. The van der Waals surface area contributed by atoms with Crippen LogP contribution in [0.5, 0.6) is 0 Å². The van der Waals surface area contributed by atoms with Crippen molar-refractivity contribution in [3.8, 4) is 11.3 Å². The second-order valence-electron chi connectivity index (χ2n) is 8.13. The molecule has 1 fully saturated rings. The van der Waals surface area contributed by atoms with Gasteiger partial charge in [-0.3, -0.25) is 9.59 Å². The number of hydrogen-bond acceptors (Lipinski definition) is 6. The quantitative estimate of drug-likeness (QED) is 0.704. The Morgan fingerprint density at radius 1 is 1.07 bits per heavy atom. The smallest absolute Gasteiger partial charge is 0.410 e. The Morgan fingerprint density at radius 3 is 2.36 bits per heavy atom. The predicted octanol–water partition coefficient (Wildman–Crippen LogP) is 2.90. The Labute approximate surface area is 162 Å². The lowest BCUT2D eigenvalue weighted by atomic mass is 9.90. The Kier molecular flexibility index (Phi) is 4.28. The summed E-state index contributed by atoms with van der Waals surface area (Å²) in [6.07, 6.45) is 0.878. The van der Waals surface area contributed by atoms with E-state index >= 15 is 0 Å². The summed E-state index contributed by atoms with van der Waals surface area (Å²) in [5.41, 5.74) is 1.17. The Bertz CT molecular complexity index is 965. The van der Waals surface area contributed by atoms with Crippen LogP contribution in [0.1, 0.15) is 60.5 Å². The molecule has 1 aromatic heterocycles. The maximum Gasteiger partial charge on any atom is 0.410 e. The third-order valence-corrected chi connectivity index (χ3v) is 5.00. The van der Waals surface area contributed by atoms with E-state index < -0.39 is 17.2 Å². The Hall–Kier alpha value is -3.03. The van der Waals surface area contributed by atoms with Gasteiger partial charge in [-0.2, -0.15) is 0 Å². The molecule has 0 bridgehead atoms. The summed E-state index contributed by atoms with van der Waals surface area (Å²) in [7, 11) is 0. The van der Waals surface area contributed by atoms with Crippen LogP contribution < -0.4 is 0 Å². The summed E-state index contributed by atoms with van der Waals surface area (Å²) in [5, 5.41) is 8.39. The van der Waals surface area contributed by atoms with Crippen molar-refractivity contribution >= 4 is 17.7 Å². The number of rotatable bonds is 1. The molecule has 28 heavy (non-hydrogen) atoms. The standard InChI is InChI=1S/C20H22N4O4/c1-20(2,3)28-19(27)23-10-8-12(9-11-23)24-16-15(21-22-24)13-6-4-5-7-14(13)17(25)18(16)26/h4-7,12H,8-11H2,1-3H3. The summed E-state index contributed by atoms with van der Waals surface area (Å²) >= 11 is 0. The van der Waals surface area contributed by atoms with E-state index in [1.54, 1.807) is 27.8 Å². The van der Waals surface area contributed by atoms with Gasteiger partial charge in [0, 0.05) is 24.2 Å². The highest BCUT2D eigenvalue weighted by Crippen LogP contribution is 2.34. The van der Waals surface area contributed by atoms with E-state index in [-0.39, 0.29) is 17.8 Å². The molecule has 2 aromatic rings. The highest BCUT2D eigenvalue weighted by molar-refractivity contribution is 6.52. The third-order valence-electron chi connectivity index (χ3n) is 5.00. The molecule has 146 valence electrons. The van der Waals surface area contributed by atoms with Gasteiger partial charge in [-0.1, -0.05) is 29.5 Å². The molecule has 1 aromatic carbocycles. The number of nitrogens with zero attached hydrogens (tertiary/aromatic N) is 4. The minimum Gasteiger partial charge on any atom is -0.444 e. The van der Waals surface area contributed by atoms with Gasteiger partial charge < -0.3 is 9.64 Å². The summed E-state index contributed by atoms with van der Waals surface area (Å²) in [4.78, 5) is 39.1. The van der Waals surface area contributed by atoms with Crippen molar-refractivity contribution in [3.63, 3.8) is 0 Å². The van der Waals surface area contributed by atoms with Crippen molar-refractivity contribution in [3.05, 3.63) is 35.5 Å². The van der Waals surface area contributed by atoms with Gasteiger partial charge in [0.05, 0.1) is 6.04 Å². The van der Waals surface area contributed by atoms with Crippen molar-refractivity contribution in [2.45, 2.75) is 45.3 Å². The SMILES string of the molecule is CC(C)(C)OC(=O)N1CCC(n2nnc3c2C(=O)C(=O)c2ccccc2-3)CC1. The van der Waals surface area contributed by atoms with Gasteiger partial charge in [-0.25, -0.2) is 9.48 Å². The van der Waals surface area contributed by atoms with Gasteiger partial charge in [0.1, 0.15) is 17.0 Å². The van der Waals surface area contributed by atoms with Crippen LogP contribution in [-0.4, -0.2) is 56.2 Å². The van der Waals surface area contributed by atoms with Gasteiger partial charge in [0.25, 0.3) is 5.78 Å². The van der Waals surface area contributed by atoms with Crippen LogP contribution in [0.4, 0.5) is 4.79 Å². The first-order chi connectivity index (χ1) is 13.3. The molecule has 8 heteroatoms. The maximum absolute atomic E-state index is 12.7. The minimum absolute atomic E-state index is 0.100. The van der Waals surface area contributed by atoms with Crippen LogP contribution in [0, 0.1) is 0 Å². The fourth-order valence-corrected chi connectivity index (χ4v) is 3.68. The van der Waals surface area contributed by atoms with Crippen molar-refractivity contribution in [2.75, 3.05) is 13.1 Å². The number of amides is 1. The van der Waals surface area contributed by atoms with E-state index in [0.29, 0.717) is 42.8 Å². The molecular weight excluding hydrogens is 360 g/mol. The van der Waals surface area contributed by atoms with Crippen molar-refractivity contribution in [1.82, 2.24) is 19.9 Å². The molecule has 2 aliphatic rings. The van der Waals surface area contributed by atoms with Crippen LogP contribution in [0.3, 0.4) is 0 Å². The Morgan fingerprint density at radius 2 is 1.71 bits per heavy atom. The van der Waals surface area contributed by atoms with E-state index in [2.05, 4.69) is 10.3 Å². The number of piperidine rings is 1. The largest absolute Gasteiger partial charge is 0.444 e. The number of carbonyl (C=O) groups is 3. The number of ketones is 2. The second-order valence-corrected chi connectivity index (χ2v) is 8.13. The molecule has 2 heterocycles. The topological polar surface area (TPSA) is 94.4 Å². The molecule has 1 aliphatic carbocycles. The van der Waals surface area contributed by atoms with Gasteiger partial charge in [0.2, 0.25) is 5.78 Å². The average Bonchev–Trinajstić information content (AvgIpc) is 3.10. The summed E-state index contributed by atoms with van der Waals surface area (Å²) in [6, 6.07) is 6.85. The first kappa shape index (κ1) is 18.3. The van der Waals surface area contributed by atoms with E-state index in [9.17, 15) is 14.4 Å². The van der Waals surface area contributed by atoms with Crippen molar-refractivity contribution in [1.29, 1.82) is 0 Å². The number of carbonyl (C=O) groups excluding carboxylic acids is 3. The molecular formula is C20H22N4O4. The number of likely N-dealkylation sites (tertiary alicyclic amines) is 1. The molecule has 0 radical (unpaired) electrons. The minimum atomic E-state index is -0.576. The molecule has 0 atom stereocenters. The lowest BCUT2D eigenvalue weighted by Crippen LogP contribution is -2.42. The van der Waals surface area contributed by atoms with E-state index in [4.69, 9.17) is 4.74 Å². The summed E-state index contributed by atoms with van der Waals surface area (Å²) in [5.74, 6) is -1.11. The first-order valence-corrected chi connectivity index (χ1v) is 9.38. The summed E-state index contributed by atoms with van der Waals surface area (Å²) < 4.78 is 6.98. The zero-order valence-corrected chi connectivity index (χ0v) is 16.1. The van der Waals surface area contributed by atoms with Crippen LogP contribution in [0.2, 0.25) is 0 Å². The molecule has 1 saturated heterocycles. The van der Waals surface area contributed by atoms with Crippen molar-refractivity contribution < 1.29 is 19.1 Å². The third kappa shape index (κ3) is 3.08. The van der Waals surface area contributed by atoms with Gasteiger partial charge in [-0.05, 0) is 33.6 Å². The molecule has 4 rings (SSSR count). The molecule has 8 nitrogen and oxygen atoms in total. The molecule has 0 N–H and O–H groups in total. The first-order valence-electron chi connectivity index (χ1n) is 9.38.